The van der Waals surface area contributed by atoms with E-state index < -0.39 is 12.1 Å². The number of allylic oxidation sites excluding steroid dienone is 4. The van der Waals surface area contributed by atoms with Crippen LogP contribution in [0.5, 0.6) is 0 Å². The van der Waals surface area contributed by atoms with Crippen molar-refractivity contribution in [2.75, 3.05) is 24.2 Å². The molecule has 2 aliphatic rings. The predicted molar refractivity (Wildman–Crippen MR) is 153 cm³/mol. The minimum atomic E-state index is -0.986. The molecule has 0 amide bonds. The summed E-state index contributed by atoms with van der Waals surface area (Å²) in [5.41, 5.74) is 3.29. The maximum absolute atomic E-state index is 13.7. The van der Waals surface area contributed by atoms with E-state index in [1.165, 1.54) is 0 Å². The number of anilines is 1. The molecule has 0 bridgehead atoms. The summed E-state index contributed by atoms with van der Waals surface area (Å²) >= 11 is -0.132. The standard InChI is InChI=1S/C29H29FN6O3S/c1-2-40(23-11-7-20(8-12-23)27(37)38)35-15-3-4-22(18-35)32-28-31-14-13-24(33-28)26-25(19-5-9-21(30)10-6-19)34-29-36(26)16-17-39-29/h5-9,11-14,16-17,21-22H,2-4,10,15,18H2,1H3,(H-,31,32,33,37,38)/p+1. The molecule has 0 saturated carbocycles. The van der Waals surface area contributed by atoms with Crippen molar-refractivity contribution < 1.29 is 18.7 Å². The maximum Gasteiger partial charge on any atom is 0.335 e. The van der Waals surface area contributed by atoms with Gasteiger partial charge in [0.05, 0.1) is 17.8 Å². The molecule has 4 aromatic rings. The molecule has 1 aliphatic heterocycles. The van der Waals surface area contributed by atoms with Crippen molar-refractivity contribution in [2.45, 2.75) is 43.3 Å². The van der Waals surface area contributed by atoms with E-state index in [2.05, 4.69) is 26.5 Å². The minimum Gasteiger partial charge on any atom is -0.478 e. The van der Waals surface area contributed by atoms with Crippen LogP contribution < -0.4 is 5.32 Å². The van der Waals surface area contributed by atoms with E-state index in [0.717, 1.165) is 47.8 Å². The first kappa shape index (κ1) is 26.3. The fourth-order valence-corrected chi connectivity index (χ4v) is 7.41. The summed E-state index contributed by atoms with van der Waals surface area (Å²) in [6.07, 6.45) is 11.6. The van der Waals surface area contributed by atoms with E-state index in [1.54, 1.807) is 42.9 Å². The van der Waals surface area contributed by atoms with Gasteiger partial charge in [-0.3, -0.25) is 4.40 Å². The van der Waals surface area contributed by atoms with E-state index in [9.17, 15) is 14.3 Å². The molecule has 6 rings (SSSR count). The first-order valence-corrected chi connectivity index (χ1v) is 14.7. The number of fused-ring (bicyclic) bond motifs is 1. The lowest BCUT2D eigenvalue weighted by Gasteiger charge is -2.31. The van der Waals surface area contributed by atoms with Crippen LogP contribution in [0.15, 0.2) is 76.5 Å². The number of aromatic nitrogens is 4. The number of aromatic carboxylic acids is 1. The number of nitrogens with one attached hydrogen (secondary N) is 1. The number of piperidine rings is 1. The predicted octanol–water partition coefficient (Wildman–Crippen LogP) is 5.25. The molecule has 9 nitrogen and oxygen atoms in total. The average Bonchev–Trinajstić information content (AvgIpc) is 3.56. The number of carboxylic acid groups (broad SMARTS) is 1. The van der Waals surface area contributed by atoms with Crippen molar-refractivity contribution in [1.82, 2.24) is 23.7 Å². The summed E-state index contributed by atoms with van der Waals surface area (Å²) in [5, 5.41) is 12.8. The number of alkyl halides is 1. The molecular formula is C29H30FN6O3S+. The Labute approximate surface area is 233 Å². The Hall–Kier alpha value is -3.96. The molecule has 206 valence electrons. The number of benzene rings is 1. The Morgan fingerprint density at radius 2 is 2.10 bits per heavy atom. The Morgan fingerprint density at radius 3 is 2.85 bits per heavy atom. The number of rotatable bonds is 8. The van der Waals surface area contributed by atoms with Crippen LogP contribution in [0.3, 0.4) is 0 Å². The maximum atomic E-state index is 13.7. The van der Waals surface area contributed by atoms with Crippen LogP contribution in [0, 0.1) is 0 Å². The zero-order valence-corrected chi connectivity index (χ0v) is 22.9. The number of carboxylic acids is 1. The molecule has 1 saturated heterocycles. The van der Waals surface area contributed by atoms with Crippen LogP contribution in [-0.4, -0.2) is 65.8 Å². The summed E-state index contributed by atoms with van der Waals surface area (Å²) < 4.78 is 23.6. The van der Waals surface area contributed by atoms with Gasteiger partial charge in [-0.2, -0.15) is 4.98 Å². The van der Waals surface area contributed by atoms with Gasteiger partial charge in [0.15, 0.2) is 4.90 Å². The number of halogens is 1. The zero-order chi connectivity index (χ0) is 27.6. The van der Waals surface area contributed by atoms with Crippen molar-refractivity contribution in [1.29, 1.82) is 0 Å². The highest BCUT2D eigenvalue weighted by Crippen LogP contribution is 2.33. The van der Waals surface area contributed by atoms with Crippen LogP contribution in [0.2, 0.25) is 0 Å². The van der Waals surface area contributed by atoms with Gasteiger partial charge < -0.3 is 14.8 Å². The first-order valence-electron chi connectivity index (χ1n) is 13.4. The zero-order valence-electron chi connectivity index (χ0n) is 22.0. The third-order valence-electron chi connectivity index (χ3n) is 7.16. The van der Waals surface area contributed by atoms with E-state index >= 15 is 0 Å². The van der Waals surface area contributed by atoms with Crippen molar-refractivity contribution in [3.63, 3.8) is 0 Å². The van der Waals surface area contributed by atoms with Gasteiger partial charge in [-0.05, 0) is 61.7 Å². The highest BCUT2D eigenvalue weighted by atomic mass is 32.2. The Bertz CT molecular complexity index is 1580. The third kappa shape index (κ3) is 5.26. The van der Waals surface area contributed by atoms with E-state index in [4.69, 9.17) is 9.40 Å². The van der Waals surface area contributed by atoms with Gasteiger partial charge in [0.1, 0.15) is 40.7 Å². The lowest BCUT2D eigenvalue weighted by molar-refractivity contribution is 0.0696. The molecule has 3 unspecified atom stereocenters. The summed E-state index contributed by atoms with van der Waals surface area (Å²) in [4.78, 5) is 26.5. The second-order valence-corrected chi connectivity index (χ2v) is 12.0. The molecule has 11 heteroatoms. The average molecular weight is 562 g/mol. The number of nitrogens with zero attached hydrogens (tertiary/aromatic N) is 5. The first-order chi connectivity index (χ1) is 19.5. The SMILES string of the molecule is CC[S+](c1ccc(C(=O)O)cc1)N1CCCC(Nc2nccc(-c3c(C4=CCC(F)C=C4)nc4occn34)n2)C1. The molecule has 1 aliphatic carbocycles. The lowest BCUT2D eigenvalue weighted by Crippen LogP contribution is -2.46. The Morgan fingerprint density at radius 1 is 1.25 bits per heavy atom. The molecule has 40 heavy (non-hydrogen) atoms. The second kappa shape index (κ2) is 11.3. The molecule has 3 aromatic heterocycles. The fraction of sp³-hybridized carbons (Fsp3) is 0.310. The summed E-state index contributed by atoms with van der Waals surface area (Å²) in [5.74, 6) is 1.02. The van der Waals surface area contributed by atoms with Gasteiger partial charge in [0.2, 0.25) is 5.95 Å². The summed E-state index contributed by atoms with van der Waals surface area (Å²) in [7, 11) is 0. The van der Waals surface area contributed by atoms with E-state index in [0.29, 0.717) is 35.2 Å². The normalized spacial score (nSPS) is 20.4. The molecule has 2 N–H and O–H groups in total. The summed E-state index contributed by atoms with van der Waals surface area (Å²) in [6, 6.07) is 9.24. The molecule has 0 spiro atoms. The molecule has 1 fully saturated rings. The highest BCUT2D eigenvalue weighted by molar-refractivity contribution is 7.94. The second-order valence-electron chi connectivity index (χ2n) is 9.75. The van der Waals surface area contributed by atoms with Crippen molar-refractivity contribution in [3.8, 4) is 11.4 Å². The monoisotopic (exact) mass is 561 g/mol. The lowest BCUT2D eigenvalue weighted by atomic mass is 10.0. The quantitative estimate of drug-likeness (QED) is 0.281. The summed E-state index contributed by atoms with van der Waals surface area (Å²) in [6.45, 7) is 3.98. The van der Waals surface area contributed by atoms with Gasteiger partial charge in [-0.15, -0.1) is 4.31 Å². The number of hydrogen-bond donors (Lipinski definition) is 2. The highest BCUT2D eigenvalue weighted by Gasteiger charge is 2.34. The topological polar surface area (TPSA) is 109 Å². The van der Waals surface area contributed by atoms with Crippen LogP contribution >= 0.6 is 0 Å². The smallest absolute Gasteiger partial charge is 0.335 e. The van der Waals surface area contributed by atoms with Crippen LogP contribution in [0.4, 0.5) is 10.3 Å². The van der Waals surface area contributed by atoms with Crippen LogP contribution in [0.25, 0.3) is 22.8 Å². The third-order valence-corrected chi connectivity index (χ3v) is 9.48. The number of oxazole rings is 1. The number of imidazole rings is 1. The van der Waals surface area contributed by atoms with E-state index in [-0.39, 0.29) is 17.1 Å². The number of hydrogen-bond acceptors (Lipinski definition) is 7. The minimum absolute atomic E-state index is 0.132. The number of carbonyl (C=O) groups is 1. The fourth-order valence-electron chi connectivity index (χ4n) is 5.26. The van der Waals surface area contributed by atoms with Gasteiger partial charge in [0, 0.05) is 31.4 Å². The Kier molecular flexibility index (Phi) is 7.40. The Balaban J connectivity index is 1.22. The van der Waals surface area contributed by atoms with Crippen molar-refractivity contribution in [2.24, 2.45) is 0 Å². The van der Waals surface area contributed by atoms with Crippen LogP contribution in [-0.2, 0) is 11.1 Å². The largest absolute Gasteiger partial charge is 0.478 e. The molecule has 0 radical (unpaired) electrons. The molecule has 1 aromatic carbocycles. The van der Waals surface area contributed by atoms with Crippen molar-refractivity contribution >= 4 is 34.4 Å². The molecule has 3 atom stereocenters. The molecule has 4 heterocycles. The van der Waals surface area contributed by atoms with Gasteiger partial charge in [0.25, 0.3) is 0 Å². The van der Waals surface area contributed by atoms with Crippen LogP contribution in [0.1, 0.15) is 42.2 Å². The molecular weight excluding hydrogens is 531 g/mol. The van der Waals surface area contributed by atoms with Gasteiger partial charge >= 0.3 is 11.8 Å². The van der Waals surface area contributed by atoms with Gasteiger partial charge in [-0.1, -0.05) is 12.2 Å². The van der Waals surface area contributed by atoms with E-state index in [1.807, 2.05) is 28.7 Å². The van der Waals surface area contributed by atoms with Gasteiger partial charge in [-0.25, -0.2) is 19.2 Å². The van der Waals surface area contributed by atoms with Crippen molar-refractivity contribution in [3.05, 3.63) is 78.5 Å².